The predicted octanol–water partition coefficient (Wildman–Crippen LogP) is 1.08. The number of aromatic nitrogens is 1. The fourth-order valence-electron chi connectivity index (χ4n) is 0.552. The lowest BCUT2D eigenvalue weighted by Crippen LogP contribution is -1.90. The number of halogens is 1. The summed E-state index contributed by atoms with van der Waals surface area (Å²) in [5.74, 6) is -0.269. The molecule has 0 spiro atoms. The zero-order chi connectivity index (χ0) is 8.27. The highest BCUT2D eigenvalue weighted by atomic mass is 79.9. The number of carbonyl (C=O) groups is 1. The summed E-state index contributed by atoms with van der Waals surface area (Å²) in [6, 6.07) is 1.44. The van der Waals surface area contributed by atoms with Gasteiger partial charge in [-0.05, 0) is 15.9 Å². The van der Waals surface area contributed by atoms with Crippen molar-refractivity contribution in [3.8, 4) is 11.6 Å². The Bertz CT molecular complexity index is 277. The van der Waals surface area contributed by atoms with E-state index in [9.17, 15) is 4.79 Å². The minimum Gasteiger partial charge on any atom is -0.491 e. The lowest BCUT2D eigenvalue weighted by atomic mass is 10.4. The first-order valence-electron chi connectivity index (χ1n) is 2.69. The minimum atomic E-state index is -0.305. The van der Waals surface area contributed by atoms with Gasteiger partial charge >= 0.3 is 0 Å². The molecule has 0 aliphatic carbocycles. The molecule has 0 saturated heterocycles. The van der Waals surface area contributed by atoms with Gasteiger partial charge in [0, 0.05) is 16.7 Å². The van der Waals surface area contributed by atoms with Crippen LogP contribution in [-0.4, -0.2) is 16.6 Å². The van der Waals surface area contributed by atoms with Crippen molar-refractivity contribution in [2.75, 3.05) is 0 Å². The minimum absolute atomic E-state index is 0.0365. The van der Waals surface area contributed by atoms with E-state index in [2.05, 4.69) is 25.7 Å². The molecule has 58 valence electrons. The number of carbonyl (C=O) groups excluding carboxylic acids is 1. The zero-order valence-electron chi connectivity index (χ0n) is 5.32. The van der Waals surface area contributed by atoms with Gasteiger partial charge in [0.05, 0.1) is 0 Å². The van der Waals surface area contributed by atoms with Crippen molar-refractivity contribution in [2.45, 2.75) is 0 Å². The third kappa shape index (κ3) is 1.91. The lowest BCUT2D eigenvalue weighted by Gasteiger charge is -1.98. The number of hydrogen-bond acceptors (Lipinski definition) is 4. The topological polar surface area (TPSA) is 59.4 Å². The molecule has 4 nitrogen and oxygen atoms in total. The van der Waals surface area contributed by atoms with E-state index in [1.807, 2.05) is 0 Å². The van der Waals surface area contributed by atoms with E-state index < -0.39 is 0 Å². The van der Waals surface area contributed by atoms with Gasteiger partial charge in [0.25, 0.3) is 12.4 Å². The SMILES string of the molecule is O=COc1cc(Br)cnc1O. The molecule has 0 radical (unpaired) electrons. The summed E-state index contributed by atoms with van der Waals surface area (Å²) in [5.41, 5.74) is 0. The Morgan fingerprint density at radius 2 is 2.45 bits per heavy atom. The standard InChI is InChI=1S/C6H4BrNO3/c7-4-1-5(11-3-9)6(10)8-2-4/h1-3H,(H,8,10). The van der Waals surface area contributed by atoms with Crippen LogP contribution in [0.2, 0.25) is 0 Å². The predicted molar refractivity (Wildman–Crippen MR) is 40.3 cm³/mol. The molecule has 0 bridgehead atoms. The first kappa shape index (κ1) is 8.00. The molecule has 0 aliphatic rings. The third-order valence-corrected chi connectivity index (χ3v) is 1.41. The first-order valence-corrected chi connectivity index (χ1v) is 3.48. The van der Waals surface area contributed by atoms with Crippen molar-refractivity contribution in [3.63, 3.8) is 0 Å². The molecular weight excluding hydrogens is 214 g/mol. The maximum Gasteiger partial charge on any atom is 0.298 e. The molecular formula is C6H4BrNO3. The molecule has 5 heteroatoms. The number of ether oxygens (including phenoxy) is 1. The van der Waals surface area contributed by atoms with Gasteiger partial charge in [-0.25, -0.2) is 4.98 Å². The number of rotatable bonds is 2. The van der Waals surface area contributed by atoms with E-state index in [-0.39, 0.29) is 18.1 Å². The Morgan fingerprint density at radius 1 is 1.73 bits per heavy atom. The van der Waals surface area contributed by atoms with Crippen LogP contribution in [-0.2, 0) is 4.79 Å². The molecule has 0 fully saturated rings. The van der Waals surface area contributed by atoms with Crippen molar-refractivity contribution in [1.29, 1.82) is 0 Å². The van der Waals surface area contributed by atoms with Crippen LogP contribution in [0.3, 0.4) is 0 Å². The molecule has 1 rings (SSSR count). The highest BCUT2D eigenvalue weighted by Gasteiger charge is 2.02. The molecule has 0 atom stereocenters. The van der Waals surface area contributed by atoms with Gasteiger partial charge in [0.15, 0.2) is 5.75 Å². The molecule has 0 aromatic carbocycles. The maximum absolute atomic E-state index is 9.86. The van der Waals surface area contributed by atoms with Crippen LogP contribution in [0, 0.1) is 0 Å². The van der Waals surface area contributed by atoms with E-state index in [1.165, 1.54) is 12.3 Å². The summed E-state index contributed by atoms with van der Waals surface area (Å²) in [6.45, 7) is 0.225. The van der Waals surface area contributed by atoms with Crippen LogP contribution in [0.4, 0.5) is 0 Å². The van der Waals surface area contributed by atoms with Crippen LogP contribution in [0.15, 0.2) is 16.7 Å². The van der Waals surface area contributed by atoms with Crippen molar-refractivity contribution in [1.82, 2.24) is 4.98 Å². The Labute approximate surface area is 71.0 Å². The fraction of sp³-hybridized carbons (Fsp3) is 0. The fourth-order valence-corrected chi connectivity index (χ4v) is 0.862. The van der Waals surface area contributed by atoms with E-state index in [0.29, 0.717) is 4.47 Å². The number of pyridine rings is 1. The van der Waals surface area contributed by atoms with E-state index >= 15 is 0 Å². The van der Waals surface area contributed by atoms with Gasteiger partial charge < -0.3 is 9.84 Å². The van der Waals surface area contributed by atoms with E-state index in [4.69, 9.17) is 5.11 Å². The second-order valence-corrected chi connectivity index (χ2v) is 2.61. The second-order valence-electron chi connectivity index (χ2n) is 1.69. The average molecular weight is 218 g/mol. The van der Waals surface area contributed by atoms with Crippen LogP contribution >= 0.6 is 15.9 Å². The Balaban J connectivity index is 3.01. The van der Waals surface area contributed by atoms with Crippen molar-refractivity contribution >= 4 is 22.4 Å². The maximum atomic E-state index is 9.86. The van der Waals surface area contributed by atoms with Crippen LogP contribution < -0.4 is 4.74 Å². The van der Waals surface area contributed by atoms with Gasteiger partial charge in [-0.3, -0.25) is 4.79 Å². The Hall–Kier alpha value is -1.10. The number of nitrogens with zero attached hydrogens (tertiary/aromatic N) is 1. The molecule has 1 N–H and O–H groups in total. The van der Waals surface area contributed by atoms with Crippen molar-refractivity contribution in [3.05, 3.63) is 16.7 Å². The quantitative estimate of drug-likeness (QED) is 0.754. The van der Waals surface area contributed by atoms with E-state index in [0.717, 1.165) is 0 Å². The largest absolute Gasteiger partial charge is 0.491 e. The zero-order valence-corrected chi connectivity index (χ0v) is 6.91. The van der Waals surface area contributed by atoms with Crippen LogP contribution in [0.5, 0.6) is 11.6 Å². The van der Waals surface area contributed by atoms with Crippen molar-refractivity contribution < 1.29 is 14.6 Å². The van der Waals surface area contributed by atoms with Gasteiger partial charge in [-0.2, -0.15) is 0 Å². The monoisotopic (exact) mass is 217 g/mol. The summed E-state index contributed by atoms with van der Waals surface area (Å²) in [4.78, 5) is 13.4. The second kappa shape index (κ2) is 3.34. The van der Waals surface area contributed by atoms with Crippen molar-refractivity contribution in [2.24, 2.45) is 0 Å². The summed E-state index contributed by atoms with van der Waals surface area (Å²) in [6.07, 6.45) is 1.40. The van der Waals surface area contributed by atoms with Gasteiger partial charge in [0.1, 0.15) is 0 Å². The van der Waals surface area contributed by atoms with Gasteiger partial charge in [-0.15, -0.1) is 0 Å². The highest BCUT2D eigenvalue weighted by molar-refractivity contribution is 9.10. The summed E-state index contributed by atoms with van der Waals surface area (Å²) < 4.78 is 5.03. The highest BCUT2D eigenvalue weighted by Crippen LogP contribution is 2.25. The number of aromatic hydroxyl groups is 1. The summed E-state index contributed by atoms with van der Waals surface area (Å²) in [5, 5.41) is 8.95. The Morgan fingerprint density at radius 3 is 3.09 bits per heavy atom. The number of hydrogen-bond donors (Lipinski definition) is 1. The Kier molecular flexibility index (Phi) is 2.43. The molecule has 1 aromatic rings. The normalized spacial score (nSPS) is 9.18. The molecule has 0 aliphatic heterocycles. The van der Waals surface area contributed by atoms with Crippen LogP contribution in [0.1, 0.15) is 0 Å². The lowest BCUT2D eigenvalue weighted by molar-refractivity contribution is -0.120. The smallest absolute Gasteiger partial charge is 0.298 e. The molecule has 1 aromatic heterocycles. The van der Waals surface area contributed by atoms with Gasteiger partial charge in [-0.1, -0.05) is 0 Å². The molecule has 0 saturated carbocycles. The first-order chi connectivity index (χ1) is 5.24. The summed E-state index contributed by atoms with van der Waals surface area (Å²) in [7, 11) is 0. The van der Waals surface area contributed by atoms with Gasteiger partial charge in [0.2, 0.25) is 0 Å². The molecule has 0 unspecified atom stereocenters. The van der Waals surface area contributed by atoms with E-state index in [1.54, 1.807) is 0 Å². The average Bonchev–Trinajstić information content (AvgIpc) is 1.98. The molecule has 11 heavy (non-hydrogen) atoms. The third-order valence-electron chi connectivity index (χ3n) is 0.975. The summed E-state index contributed by atoms with van der Waals surface area (Å²) >= 11 is 3.10. The molecule has 1 heterocycles. The molecule has 0 amide bonds. The van der Waals surface area contributed by atoms with Crippen LogP contribution in [0.25, 0.3) is 0 Å².